The van der Waals surface area contributed by atoms with E-state index in [0.717, 1.165) is 38.3 Å². The van der Waals surface area contributed by atoms with Crippen molar-refractivity contribution in [2.45, 2.75) is 33.2 Å². The van der Waals surface area contributed by atoms with Crippen LogP contribution in [0.3, 0.4) is 0 Å². The minimum Gasteiger partial charge on any atom is -0.334 e. The first-order valence-corrected chi connectivity index (χ1v) is 8.22. The van der Waals surface area contributed by atoms with Gasteiger partial charge in [0.1, 0.15) is 13.1 Å². The zero-order chi connectivity index (χ0) is 15.2. The smallest absolute Gasteiger partial charge is 0.282 e. The van der Waals surface area contributed by atoms with E-state index < -0.39 is 0 Å². The van der Waals surface area contributed by atoms with Crippen molar-refractivity contribution in [3.05, 3.63) is 29.8 Å². The Labute approximate surface area is 128 Å². The van der Waals surface area contributed by atoms with Crippen LogP contribution < -0.4 is 15.1 Å². The van der Waals surface area contributed by atoms with E-state index in [4.69, 9.17) is 0 Å². The molecular weight excluding hydrogens is 262 g/mol. The molecule has 0 bridgehead atoms. The van der Waals surface area contributed by atoms with E-state index in [1.807, 2.05) is 11.0 Å². The molecule has 3 N–H and O–H groups in total. The van der Waals surface area contributed by atoms with Crippen LogP contribution >= 0.6 is 0 Å². The fourth-order valence-electron chi connectivity index (χ4n) is 3.18. The molecule has 4 nitrogen and oxygen atoms in total. The molecule has 2 rings (SSSR count). The van der Waals surface area contributed by atoms with Gasteiger partial charge in [-0.3, -0.25) is 4.79 Å². The maximum absolute atomic E-state index is 12.5. The summed E-state index contributed by atoms with van der Waals surface area (Å²) in [4.78, 5) is 16.1. The van der Waals surface area contributed by atoms with E-state index in [1.54, 1.807) is 4.90 Å². The number of rotatable bonds is 7. The molecule has 0 unspecified atom stereocenters. The highest BCUT2D eigenvalue weighted by Gasteiger charge is 2.30. The third-order valence-electron chi connectivity index (χ3n) is 4.50. The van der Waals surface area contributed by atoms with Crippen LogP contribution in [0.2, 0.25) is 0 Å². The summed E-state index contributed by atoms with van der Waals surface area (Å²) in [5, 5.41) is 2.15. The molecule has 0 saturated carbocycles. The number of likely N-dealkylation sites (N-methyl/N-ethyl adjacent to an activating group) is 1. The molecule has 0 fully saturated rings. The van der Waals surface area contributed by atoms with Crippen LogP contribution in [0.1, 0.15) is 26.3 Å². The maximum Gasteiger partial charge on any atom is 0.282 e. The van der Waals surface area contributed by atoms with E-state index in [1.165, 1.54) is 5.56 Å². The number of amides is 1. The van der Waals surface area contributed by atoms with Crippen molar-refractivity contribution in [2.75, 3.05) is 37.6 Å². The third-order valence-corrected chi connectivity index (χ3v) is 4.50. The standard InChI is InChI=1S/C17H27N3O/c1-4-19(5-2)11-10-18-13-17(21)20-14(3)12-15-8-6-7-9-16(15)20/h6-9,14,18H,4-5,10-13H2,1-3H3/p+2/t14-/m0/s1. The summed E-state index contributed by atoms with van der Waals surface area (Å²) >= 11 is 0. The highest BCUT2D eigenvalue weighted by atomic mass is 16.2. The molecule has 0 spiro atoms. The first-order valence-electron chi connectivity index (χ1n) is 8.22. The molecule has 21 heavy (non-hydrogen) atoms. The predicted octanol–water partition coefficient (Wildman–Crippen LogP) is -0.548. The molecule has 116 valence electrons. The minimum absolute atomic E-state index is 0.238. The van der Waals surface area contributed by atoms with Gasteiger partial charge in [0.05, 0.1) is 13.1 Å². The van der Waals surface area contributed by atoms with Crippen molar-refractivity contribution in [1.29, 1.82) is 0 Å². The van der Waals surface area contributed by atoms with Crippen LogP contribution in [0.4, 0.5) is 5.69 Å². The number of anilines is 1. The number of nitrogens with zero attached hydrogens (tertiary/aromatic N) is 1. The summed E-state index contributed by atoms with van der Waals surface area (Å²) in [5.41, 5.74) is 2.41. The number of para-hydroxylation sites is 1. The van der Waals surface area contributed by atoms with Crippen molar-refractivity contribution in [3.8, 4) is 0 Å². The van der Waals surface area contributed by atoms with Crippen LogP contribution in [0, 0.1) is 0 Å². The first kappa shape index (κ1) is 16.0. The third kappa shape index (κ3) is 3.83. The van der Waals surface area contributed by atoms with E-state index in [9.17, 15) is 4.79 Å². The Balaban J connectivity index is 1.84. The quantitative estimate of drug-likeness (QED) is 0.651. The molecule has 1 heterocycles. The second kappa shape index (κ2) is 7.57. The van der Waals surface area contributed by atoms with E-state index in [2.05, 4.69) is 44.3 Å². The number of carbonyl (C=O) groups excluding carboxylic acids is 1. The van der Waals surface area contributed by atoms with Gasteiger partial charge in [-0.2, -0.15) is 0 Å². The molecule has 1 aliphatic heterocycles. The Hall–Kier alpha value is -1.39. The Morgan fingerprint density at radius 3 is 2.76 bits per heavy atom. The lowest BCUT2D eigenvalue weighted by atomic mass is 10.1. The molecule has 0 saturated heterocycles. The van der Waals surface area contributed by atoms with E-state index in [0.29, 0.717) is 6.54 Å². The number of nitrogens with two attached hydrogens (primary N) is 1. The molecule has 1 aromatic rings. The van der Waals surface area contributed by atoms with Gasteiger partial charge in [0, 0.05) is 11.7 Å². The zero-order valence-corrected chi connectivity index (χ0v) is 13.6. The molecule has 4 heteroatoms. The number of benzene rings is 1. The van der Waals surface area contributed by atoms with Gasteiger partial charge in [-0.15, -0.1) is 0 Å². The number of hydrogen-bond donors (Lipinski definition) is 2. The van der Waals surface area contributed by atoms with E-state index >= 15 is 0 Å². The van der Waals surface area contributed by atoms with Crippen molar-refractivity contribution in [1.82, 2.24) is 0 Å². The SMILES string of the molecule is CC[NH+](CC)CC[NH2+]CC(=O)N1c2ccccc2C[C@@H]1C. The average Bonchev–Trinajstić information content (AvgIpc) is 2.83. The topological polar surface area (TPSA) is 41.4 Å². The molecule has 1 aromatic carbocycles. The van der Waals surface area contributed by atoms with Crippen molar-refractivity contribution in [2.24, 2.45) is 0 Å². The second-order valence-electron chi connectivity index (χ2n) is 5.93. The zero-order valence-electron chi connectivity index (χ0n) is 13.6. The Kier molecular flexibility index (Phi) is 5.76. The molecule has 1 atom stereocenters. The van der Waals surface area contributed by atoms with Gasteiger partial charge in [-0.25, -0.2) is 0 Å². The highest BCUT2D eigenvalue weighted by Crippen LogP contribution is 2.31. The van der Waals surface area contributed by atoms with Crippen LogP contribution in [0.25, 0.3) is 0 Å². The molecule has 1 amide bonds. The fraction of sp³-hybridized carbons (Fsp3) is 0.588. The van der Waals surface area contributed by atoms with Gasteiger partial charge in [0.2, 0.25) is 0 Å². The van der Waals surface area contributed by atoms with Crippen LogP contribution in [-0.4, -0.2) is 44.7 Å². The predicted molar refractivity (Wildman–Crippen MR) is 85.7 cm³/mol. The summed E-state index contributed by atoms with van der Waals surface area (Å²) in [6, 6.07) is 8.56. The van der Waals surface area contributed by atoms with Gasteiger partial charge in [-0.1, -0.05) is 18.2 Å². The van der Waals surface area contributed by atoms with Crippen molar-refractivity contribution >= 4 is 11.6 Å². The number of fused-ring (bicyclic) bond motifs is 1. The number of hydrogen-bond acceptors (Lipinski definition) is 1. The van der Waals surface area contributed by atoms with Gasteiger partial charge in [0.25, 0.3) is 5.91 Å². The first-order chi connectivity index (χ1) is 10.2. The van der Waals surface area contributed by atoms with Gasteiger partial charge < -0.3 is 15.1 Å². The maximum atomic E-state index is 12.5. The summed E-state index contributed by atoms with van der Waals surface area (Å²) in [6.45, 7) is 11.6. The van der Waals surface area contributed by atoms with Gasteiger partial charge in [-0.05, 0) is 38.8 Å². The lowest BCUT2D eigenvalue weighted by Gasteiger charge is -2.22. The number of nitrogens with one attached hydrogen (secondary N) is 1. The Morgan fingerprint density at radius 1 is 1.33 bits per heavy atom. The lowest BCUT2D eigenvalue weighted by Crippen LogP contribution is -3.14. The summed E-state index contributed by atoms with van der Waals surface area (Å²) in [5.74, 6) is 0.238. The molecule has 0 radical (unpaired) electrons. The second-order valence-corrected chi connectivity index (χ2v) is 5.93. The minimum atomic E-state index is 0.238. The summed E-state index contributed by atoms with van der Waals surface area (Å²) in [6.07, 6.45) is 0.978. The largest absolute Gasteiger partial charge is 0.334 e. The van der Waals surface area contributed by atoms with Crippen molar-refractivity contribution < 1.29 is 15.0 Å². The average molecular weight is 291 g/mol. The van der Waals surface area contributed by atoms with Gasteiger partial charge in [0.15, 0.2) is 6.54 Å². The van der Waals surface area contributed by atoms with Gasteiger partial charge >= 0.3 is 0 Å². The monoisotopic (exact) mass is 291 g/mol. The summed E-state index contributed by atoms with van der Waals surface area (Å²) < 4.78 is 0. The number of quaternary nitrogens is 2. The van der Waals surface area contributed by atoms with E-state index in [-0.39, 0.29) is 11.9 Å². The molecule has 0 aliphatic carbocycles. The van der Waals surface area contributed by atoms with Crippen LogP contribution in [-0.2, 0) is 11.2 Å². The summed E-state index contributed by atoms with van der Waals surface area (Å²) in [7, 11) is 0. The Morgan fingerprint density at radius 2 is 2.05 bits per heavy atom. The Bertz CT molecular complexity index is 471. The normalized spacial score (nSPS) is 17.3. The fourth-order valence-corrected chi connectivity index (χ4v) is 3.18. The highest BCUT2D eigenvalue weighted by molar-refractivity contribution is 5.96. The molecule has 0 aromatic heterocycles. The van der Waals surface area contributed by atoms with Crippen LogP contribution in [0.15, 0.2) is 24.3 Å². The lowest BCUT2D eigenvalue weighted by molar-refractivity contribution is -0.908. The number of carbonyl (C=O) groups is 1. The molecular formula is C17H29N3O+2. The molecule has 1 aliphatic rings. The van der Waals surface area contributed by atoms with Crippen molar-refractivity contribution in [3.63, 3.8) is 0 Å². The van der Waals surface area contributed by atoms with Crippen LogP contribution in [0.5, 0.6) is 0 Å².